The Kier molecular flexibility index (Phi) is 10.6. The van der Waals surface area contributed by atoms with Gasteiger partial charge >= 0.3 is 0 Å². The Labute approximate surface area is 187 Å². The summed E-state index contributed by atoms with van der Waals surface area (Å²) in [5, 5.41) is 13.1. The van der Waals surface area contributed by atoms with Crippen molar-refractivity contribution in [1.82, 2.24) is 15.1 Å². The van der Waals surface area contributed by atoms with Crippen LogP contribution in [0.4, 0.5) is 0 Å². The number of likely N-dealkylation sites (N-methyl/N-ethyl adjacent to an activating group) is 1. The summed E-state index contributed by atoms with van der Waals surface area (Å²) in [6.45, 7) is 10.4. The smallest absolute Gasteiger partial charge is 0.216 e. The van der Waals surface area contributed by atoms with Crippen molar-refractivity contribution in [3.05, 3.63) is 23.8 Å². The zero-order valence-electron chi connectivity index (χ0n) is 19.9. The third-order valence-corrected chi connectivity index (χ3v) is 6.08. The second kappa shape index (κ2) is 12.9. The summed E-state index contributed by atoms with van der Waals surface area (Å²) in [6, 6.07) is 6.43. The van der Waals surface area contributed by atoms with Crippen molar-refractivity contribution in [2.24, 2.45) is 5.92 Å². The van der Waals surface area contributed by atoms with Crippen molar-refractivity contribution >= 4 is 5.91 Å². The van der Waals surface area contributed by atoms with Crippen molar-refractivity contribution in [3.63, 3.8) is 0 Å². The monoisotopic (exact) mass is 435 g/mol. The van der Waals surface area contributed by atoms with E-state index < -0.39 is 6.10 Å². The summed E-state index contributed by atoms with van der Waals surface area (Å²) < 4.78 is 11.4. The number of nitrogens with zero attached hydrogens (tertiary/aromatic N) is 2. The minimum absolute atomic E-state index is 0.0520. The van der Waals surface area contributed by atoms with E-state index in [1.54, 1.807) is 14.0 Å². The second-order valence-electron chi connectivity index (χ2n) is 8.97. The molecule has 0 aromatic heterocycles. The molecule has 1 aromatic rings. The summed E-state index contributed by atoms with van der Waals surface area (Å²) in [5.74, 6) is 2.10. The highest BCUT2D eigenvalue weighted by atomic mass is 16.5. The van der Waals surface area contributed by atoms with Gasteiger partial charge in [0.05, 0.1) is 7.11 Å². The summed E-state index contributed by atoms with van der Waals surface area (Å²) in [4.78, 5) is 15.6. The lowest BCUT2D eigenvalue weighted by atomic mass is 9.93. The van der Waals surface area contributed by atoms with Gasteiger partial charge in [-0.2, -0.15) is 0 Å². The van der Waals surface area contributed by atoms with Gasteiger partial charge in [0.25, 0.3) is 0 Å². The van der Waals surface area contributed by atoms with Crippen LogP contribution in [0, 0.1) is 5.92 Å². The van der Waals surface area contributed by atoms with E-state index in [-0.39, 0.29) is 12.5 Å². The van der Waals surface area contributed by atoms with Crippen molar-refractivity contribution in [2.75, 3.05) is 46.9 Å². The van der Waals surface area contributed by atoms with Gasteiger partial charge in [-0.3, -0.25) is 9.69 Å². The lowest BCUT2D eigenvalue weighted by Gasteiger charge is -2.32. The maximum atomic E-state index is 11.0. The molecule has 7 nitrogen and oxygen atoms in total. The predicted octanol–water partition coefficient (Wildman–Crippen LogP) is 2.51. The first-order valence-corrected chi connectivity index (χ1v) is 11.4. The van der Waals surface area contributed by atoms with Gasteiger partial charge in [-0.05, 0) is 76.9 Å². The molecule has 2 N–H and O–H groups in total. The van der Waals surface area contributed by atoms with Crippen LogP contribution in [0.5, 0.6) is 11.5 Å². The molecule has 1 aliphatic rings. The first-order chi connectivity index (χ1) is 14.8. The molecule has 1 fully saturated rings. The normalized spacial score (nSPS) is 16.5. The van der Waals surface area contributed by atoms with E-state index in [1.807, 2.05) is 19.2 Å². The number of aliphatic hydroxyl groups excluding tert-OH is 1. The third-order valence-electron chi connectivity index (χ3n) is 6.08. The number of amides is 1. The highest BCUT2D eigenvalue weighted by Crippen LogP contribution is 2.29. The van der Waals surface area contributed by atoms with Gasteiger partial charge < -0.3 is 24.8 Å². The van der Waals surface area contributed by atoms with Gasteiger partial charge in [0.15, 0.2) is 11.5 Å². The van der Waals surface area contributed by atoms with Gasteiger partial charge in [-0.15, -0.1) is 0 Å². The summed E-state index contributed by atoms with van der Waals surface area (Å²) in [5.41, 5.74) is 1.20. The third kappa shape index (κ3) is 9.05. The quantitative estimate of drug-likeness (QED) is 0.526. The maximum absolute atomic E-state index is 11.0. The van der Waals surface area contributed by atoms with Crippen molar-refractivity contribution in [2.45, 2.75) is 58.7 Å². The van der Waals surface area contributed by atoms with Crippen LogP contribution in [0.3, 0.4) is 0 Å². The van der Waals surface area contributed by atoms with Crippen LogP contribution < -0.4 is 14.8 Å². The number of nitrogens with one attached hydrogen (secondary N) is 1. The molecule has 0 saturated carbocycles. The van der Waals surface area contributed by atoms with E-state index in [9.17, 15) is 9.90 Å². The first kappa shape index (κ1) is 25.4. The van der Waals surface area contributed by atoms with E-state index >= 15 is 0 Å². The van der Waals surface area contributed by atoms with Crippen LogP contribution in [-0.2, 0) is 11.3 Å². The largest absolute Gasteiger partial charge is 0.493 e. The highest BCUT2D eigenvalue weighted by molar-refractivity contribution is 5.72. The topological polar surface area (TPSA) is 74.3 Å². The number of rotatable bonds is 12. The Morgan fingerprint density at radius 2 is 2.00 bits per heavy atom. The molecule has 0 spiro atoms. The lowest BCUT2D eigenvalue weighted by molar-refractivity contribution is -0.119. The summed E-state index contributed by atoms with van der Waals surface area (Å²) in [7, 11) is 3.64. The van der Waals surface area contributed by atoms with Crippen molar-refractivity contribution in [3.8, 4) is 11.5 Å². The molecule has 7 heteroatoms. The Morgan fingerprint density at radius 3 is 2.61 bits per heavy atom. The fourth-order valence-corrected chi connectivity index (χ4v) is 3.86. The zero-order chi connectivity index (χ0) is 22.8. The molecule has 0 bridgehead atoms. The van der Waals surface area contributed by atoms with E-state index in [2.05, 4.69) is 35.0 Å². The molecule has 1 aromatic carbocycles. The van der Waals surface area contributed by atoms with E-state index in [0.29, 0.717) is 30.0 Å². The molecule has 1 saturated heterocycles. The number of methoxy groups -OCH3 is 1. The van der Waals surface area contributed by atoms with Crippen molar-refractivity contribution in [1.29, 1.82) is 0 Å². The first-order valence-electron chi connectivity index (χ1n) is 11.4. The van der Waals surface area contributed by atoms with Gasteiger partial charge in [-0.25, -0.2) is 0 Å². The van der Waals surface area contributed by atoms with E-state index in [4.69, 9.17) is 9.47 Å². The number of benzene rings is 1. The van der Waals surface area contributed by atoms with E-state index in [1.165, 1.54) is 18.4 Å². The zero-order valence-corrected chi connectivity index (χ0v) is 19.9. The molecule has 1 atom stereocenters. The fourth-order valence-electron chi connectivity index (χ4n) is 3.86. The molecule has 2 rings (SSSR count). The van der Waals surface area contributed by atoms with Gasteiger partial charge in [-0.1, -0.05) is 6.07 Å². The Bertz CT molecular complexity index is 675. The maximum Gasteiger partial charge on any atom is 0.216 e. The standard InChI is InChI=1S/C24H41N3O4/c1-18(2)26(4)16-22(29)17-31-23-7-6-21(14-24(23)30-5)15-27-12-9-20(10-13-27)8-11-25-19(3)28/h6-7,14,18,20,22,29H,8-13,15-17H2,1-5H3,(H,25,28)/t22-/m1/s1. The predicted molar refractivity (Wildman–Crippen MR) is 124 cm³/mol. The van der Waals surface area contributed by atoms with Crippen LogP contribution in [0.1, 0.15) is 45.6 Å². The Balaban J connectivity index is 1.80. The number of piperidine rings is 1. The number of likely N-dealkylation sites (tertiary alicyclic amines) is 1. The molecule has 176 valence electrons. The SMILES string of the molecule is COc1cc(CN2CCC(CCNC(C)=O)CC2)ccc1OC[C@H](O)CN(C)C(C)C. The van der Waals surface area contributed by atoms with Crippen LogP contribution in [0.25, 0.3) is 0 Å². The lowest BCUT2D eigenvalue weighted by Crippen LogP contribution is -2.37. The number of hydrogen-bond donors (Lipinski definition) is 2. The molecule has 31 heavy (non-hydrogen) atoms. The van der Waals surface area contributed by atoms with Crippen LogP contribution in [-0.4, -0.2) is 79.9 Å². The molecule has 1 aliphatic heterocycles. The minimum Gasteiger partial charge on any atom is -0.493 e. The number of carbonyl (C=O) groups excluding carboxylic acids is 1. The van der Waals surface area contributed by atoms with Gasteiger partial charge in [0.1, 0.15) is 12.7 Å². The second-order valence-corrected chi connectivity index (χ2v) is 8.97. The average molecular weight is 436 g/mol. The molecule has 0 aliphatic carbocycles. The number of aliphatic hydroxyl groups is 1. The Hall–Kier alpha value is -1.83. The van der Waals surface area contributed by atoms with Crippen LogP contribution in [0.2, 0.25) is 0 Å². The highest BCUT2D eigenvalue weighted by Gasteiger charge is 2.20. The number of hydrogen-bond acceptors (Lipinski definition) is 6. The molecule has 0 unspecified atom stereocenters. The fraction of sp³-hybridized carbons (Fsp3) is 0.708. The van der Waals surface area contributed by atoms with Gasteiger partial charge in [0, 0.05) is 32.6 Å². The average Bonchev–Trinajstić information content (AvgIpc) is 2.73. The molecule has 1 amide bonds. The molecular formula is C24H41N3O4. The van der Waals surface area contributed by atoms with Gasteiger partial charge in [0.2, 0.25) is 5.91 Å². The minimum atomic E-state index is -0.552. The summed E-state index contributed by atoms with van der Waals surface area (Å²) >= 11 is 0. The van der Waals surface area contributed by atoms with Crippen molar-refractivity contribution < 1.29 is 19.4 Å². The molecule has 1 heterocycles. The number of ether oxygens (including phenoxy) is 2. The molecular weight excluding hydrogens is 394 g/mol. The Morgan fingerprint density at radius 1 is 1.29 bits per heavy atom. The molecule has 0 radical (unpaired) electrons. The van der Waals surface area contributed by atoms with Crippen LogP contribution in [0.15, 0.2) is 18.2 Å². The number of carbonyl (C=O) groups is 1. The summed E-state index contributed by atoms with van der Waals surface area (Å²) in [6.07, 6.45) is 2.84. The van der Waals surface area contributed by atoms with Crippen LogP contribution >= 0.6 is 0 Å². The van der Waals surface area contributed by atoms with E-state index in [0.717, 1.165) is 32.6 Å².